The molecule has 0 aromatic rings. The van der Waals surface area contributed by atoms with E-state index in [1.165, 1.54) is 122 Å². The molecule has 0 aliphatic carbocycles. The van der Waals surface area contributed by atoms with Crippen molar-refractivity contribution in [3.63, 3.8) is 0 Å². The molecule has 0 saturated heterocycles. The first-order valence-corrected chi connectivity index (χ1v) is 17.7. The molecule has 31 heavy (non-hydrogen) atoms. The average molecular weight is 455 g/mol. The fraction of sp³-hybridized carbons (Fsp3) is 0.933. The summed E-state index contributed by atoms with van der Waals surface area (Å²) in [6, 6.07) is 0. The summed E-state index contributed by atoms with van der Waals surface area (Å²) in [4.78, 5) is 0. The summed E-state index contributed by atoms with van der Waals surface area (Å²) in [5, 5.41) is 0. The Morgan fingerprint density at radius 2 is 0.677 bits per heavy atom. The fourth-order valence-electron chi connectivity index (χ4n) is 5.15. The summed E-state index contributed by atoms with van der Waals surface area (Å²) >= 11 is 0. The molecule has 188 valence electrons. The molecule has 0 aliphatic heterocycles. The summed E-state index contributed by atoms with van der Waals surface area (Å²) in [6.45, 7) is 9.47. The Morgan fingerprint density at radius 3 is 1.10 bits per heavy atom. The molecule has 0 amide bonds. The second kappa shape index (κ2) is 24.8. The van der Waals surface area contributed by atoms with Gasteiger partial charge in [-0.15, -0.1) is 0 Å². The van der Waals surface area contributed by atoms with E-state index in [4.69, 9.17) is 0 Å². The summed E-state index contributed by atoms with van der Waals surface area (Å²) in [6.07, 6.45) is 40.2. The van der Waals surface area contributed by atoms with Crippen molar-refractivity contribution in [2.24, 2.45) is 0 Å². The molecule has 0 atom stereocenters. The predicted octanol–water partition coefficient (Wildman–Crippen LogP) is 11.2. The SMILES string of the molecule is CCCCCCCC/C=C\CCCCCCCC[PH](CCCC)(CCCC)CCCC. The molecule has 0 unspecified atom stereocenters. The van der Waals surface area contributed by atoms with Gasteiger partial charge in [0, 0.05) is 0 Å². The van der Waals surface area contributed by atoms with Crippen LogP contribution in [0.15, 0.2) is 12.2 Å². The van der Waals surface area contributed by atoms with Gasteiger partial charge < -0.3 is 0 Å². The zero-order valence-electron chi connectivity index (χ0n) is 22.6. The van der Waals surface area contributed by atoms with Crippen molar-refractivity contribution in [2.75, 3.05) is 24.6 Å². The molecule has 0 nitrogen and oxygen atoms in total. The summed E-state index contributed by atoms with van der Waals surface area (Å²) in [5.41, 5.74) is 0. The van der Waals surface area contributed by atoms with E-state index in [2.05, 4.69) is 39.8 Å². The monoisotopic (exact) mass is 454 g/mol. The maximum atomic E-state index is 2.46. The van der Waals surface area contributed by atoms with Gasteiger partial charge in [0.1, 0.15) is 0 Å². The first-order chi connectivity index (χ1) is 15.2. The van der Waals surface area contributed by atoms with Gasteiger partial charge in [0.05, 0.1) is 0 Å². The third-order valence-corrected chi connectivity index (χ3v) is 13.1. The number of rotatable bonds is 25. The Kier molecular flexibility index (Phi) is 24.9. The van der Waals surface area contributed by atoms with Gasteiger partial charge in [0.2, 0.25) is 0 Å². The van der Waals surface area contributed by atoms with E-state index < -0.39 is 7.26 Å². The average Bonchev–Trinajstić information content (AvgIpc) is 2.79. The van der Waals surface area contributed by atoms with Gasteiger partial charge in [-0.25, -0.2) is 0 Å². The number of allylic oxidation sites excluding steroid dienone is 2. The van der Waals surface area contributed by atoms with E-state index in [-0.39, 0.29) is 0 Å². The summed E-state index contributed by atoms with van der Waals surface area (Å²) in [7, 11) is -0.975. The van der Waals surface area contributed by atoms with Crippen molar-refractivity contribution in [2.45, 2.75) is 156 Å². The van der Waals surface area contributed by atoms with Crippen LogP contribution in [-0.2, 0) is 0 Å². The molecule has 0 N–H and O–H groups in total. The number of unbranched alkanes of at least 4 members (excludes halogenated alkanes) is 15. The molecule has 0 bridgehead atoms. The van der Waals surface area contributed by atoms with Crippen molar-refractivity contribution in [3.8, 4) is 0 Å². The second-order valence-corrected chi connectivity index (χ2v) is 15.5. The second-order valence-electron chi connectivity index (χ2n) is 10.5. The summed E-state index contributed by atoms with van der Waals surface area (Å²) in [5.74, 6) is 0. The van der Waals surface area contributed by atoms with Crippen LogP contribution >= 0.6 is 7.26 Å². The van der Waals surface area contributed by atoms with Crippen LogP contribution in [0.3, 0.4) is 0 Å². The van der Waals surface area contributed by atoms with E-state index in [0.29, 0.717) is 0 Å². The van der Waals surface area contributed by atoms with Crippen LogP contribution in [0.2, 0.25) is 0 Å². The van der Waals surface area contributed by atoms with Crippen LogP contribution in [0.1, 0.15) is 156 Å². The number of hydrogen-bond acceptors (Lipinski definition) is 0. The molecule has 0 aromatic carbocycles. The van der Waals surface area contributed by atoms with E-state index in [9.17, 15) is 0 Å². The van der Waals surface area contributed by atoms with Crippen LogP contribution in [0.4, 0.5) is 0 Å². The van der Waals surface area contributed by atoms with E-state index in [1.807, 2.05) is 0 Å². The number of hydrogen-bond donors (Lipinski definition) is 0. The van der Waals surface area contributed by atoms with Crippen molar-refractivity contribution in [3.05, 3.63) is 12.2 Å². The van der Waals surface area contributed by atoms with E-state index >= 15 is 0 Å². The van der Waals surface area contributed by atoms with Gasteiger partial charge in [-0.05, 0) is 0 Å². The Hall–Kier alpha value is 0.170. The third-order valence-electron chi connectivity index (χ3n) is 7.40. The van der Waals surface area contributed by atoms with Crippen LogP contribution in [0.25, 0.3) is 0 Å². The van der Waals surface area contributed by atoms with Gasteiger partial charge in [0.15, 0.2) is 0 Å². The molecular formula is C30H63P. The zero-order valence-corrected chi connectivity index (χ0v) is 23.6. The molecule has 0 radical (unpaired) electrons. The Bertz CT molecular complexity index is 338. The molecular weight excluding hydrogens is 391 g/mol. The standard InChI is InChI=1S/C30H63P/c1-5-9-13-14-15-16-17-18-19-20-21-22-23-24-25-26-30-31(27-10-6-2,28-11-7-3)29-12-8-4/h18-19,31H,5-17,20-30H2,1-4H3/b19-18-. The first kappa shape index (κ1) is 31.2. The van der Waals surface area contributed by atoms with Crippen LogP contribution in [0.5, 0.6) is 0 Å². The molecule has 0 heterocycles. The van der Waals surface area contributed by atoms with E-state index in [1.54, 1.807) is 31.1 Å². The fourth-order valence-corrected chi connectivity index (χ4v) is 11.0. The molecule has 0 aliphatic rings. The Labute approximate surface area is 200 Å². The van der Waals surface area contributed by atoms with E-state index in [0.717, 1.165) is 0 Å². The molecule has 1 heteroatoms. The molecule has 0 fully saturated rings. The molecule has 0 saturated carbocycles. The van der Waals surface area contributed by atoms with Gasteiger partial charge in [-0.2, -0.15) is 0 Å². The Balaban J connectivity index is 3.80. The maximum absolute atomic E-state index is 2.46. The van der Waals surface area contributed by atoms with Crippen molar-refractivity contribution >= 4 is 7.26 Å². The van der Waals surface area contributed by atoms with Gasteiger partial charge >= 0.3 is 161 Å². The van der Waals surface area contributed by atoms with Crippen LogP contribution < -0.4 is 0 Å². The molecule has 0 spiro atoms. The normalized spacial score (nSPS) is 12.8. The van der Waals surface area contributed by atoms with Gasteiger partial charge in [-0.1, -0.05) is 39.0 Å². The topological polar surface area (TPSA) is 0 Å². The third kappa shape index (κ3) is 20.5. The predicted molar refractivity (Wildman–Crippen MR) is 152 cm³/mol. The van der Waals surface area contributed by atoms with Crippen LogP contribution in [-0.4, -0.2) is 24.6 Å². The minimum atomic E-state index is -0.975. The molecule has 0 aromatic heterocycles. The molecule has 0 rings (SSSR count). The first-order valence-electron chi connectivity index (χ1n) is 14.9. The Morgan fingerprint density at radius 1 is 0.355 bits per heavy atom. The quantitative estimate of drug-likeness (QED) is 0.0730. The van der Waals surface area contributed by atoms with Crippen molar-refractivity contribution in [1.29, 1.82) is 0 Å². The summed E-state index contributed by atoms with van der Waals surface area (Å²) < 4.78 is 0. The van der Waals surface area contributed by atoms with Crippen molar-refractivity contribution in [1.82, 2.24) is 0 Å². The van der Waals surface area contributed by atoms with Gasteiger partial charge in [0.25, 0.3) is 0 Å². The van der Waals surface area contributed by atoms with Crippen LogP contribution in [0, 0.1) is 0 Å². The van der Waals surface area contributed by atoms with Crippen molar-refractivity contribution < 1.29 is 0 Å². The zero-order chi connectivity index (χ0) is 22.9. The van der Waals surface area contributed by atoms with Gasteiger partial charge in [-0.3, -0.25) is 0 Å². The minimum absolute atomic E-state index is 0.975.